The number of nitrogens with zero attached hydrogens (tertiary/aromatic N) is 3. The molecule has 0 aliphatic heterocycles. The maximum atomic E-state index is 6.01. The molecule has 0 saturated carbocycles. The summed E-state index contributed by atoms with van der Waals surface area (Å²) in [6.45, 7) is 4.04. The molecule has 0 aliphatic carbocycles. The summed E-state index contributed by atoms with van der Waals surface area (Å²) in [5, 5.41) is 4.38. The van der Waals surface area contributed by atoms with Crippen LogP contribution in [-0.2, 0) is 6.42 Å². The minimum atomic E-state index is 0.689. The number of anilines is 1. The lowest BCUT2D eigenvalue weighted by atomic mass is 10.2. The Balaban J connectivity index is 2.55. The average Bonchev–Trinajstić information content (AvgIpc) is 2.55. The van der Waals surface area contributed by atoms with Gasteiger partial charge >= 0.3 is 0 Å². The largest absolute Gasteiger partial charge is 0.383 e. The third-order valence-electron chi connectivity index (χ3n) is 2.44. The molecule has 0 aromatic carbocycles. The SMILES string of the molecule is CCc1c(C)nn(-c2ccccn2)c1N. The van der Waals surface area contributed by atoms with Gasteiger partial charge < -0.3 is 5.73 Å². The first-order valence-electron chi connectivity index (χ1n) is 4.99. The van der Waals surface area contributed by atoms with Crippen molar-refractivity contribution in [1.82, 2.24) is 14.8 Å². The van der Waals surface area contributed by atoms with Crippen LogP contribution in [0.2, 0.25) is 0 Å². The number of nitrogens with two attached hydrogens (primary N) is 1. The van der Waals surface area contributed by atoms with E-state index >= 15 is 0 Å². The van der Waals surface area contributed by atoms with Gasteiger partial charge in [0.1, 0.15) is 5.82 Å². The van der Waals surface area contributed by atoms with Gasteiger partial charge in [0.05, 0.1) is 5.69 Å². The van der Waals surface area contributed by atoms with E-state index in [-0.39, 0.29) is 0 Å². The van der Waals surface area contributed by atoms with E-state index in [9.17, 15) is 0 Å². The fourth-order valence-corrected chi connectivity index (χ4v) is 1.67. The van der Waals surface area contributed by atoms with E-state index in [0.29, 0.717) is 5.82 Å². The Morgan fingerprint density at radius 2 is 2.20 bits per heavy atom. The average molecular weight is 202 g/mol. The maximum Gasteiger partial charge on any atom is 0.155 e. The van der Waals surface area contributed by atoms with Crippen molar-refractivity contribution in [2.45, 2.75) is 20.3 Å². The van der Waals surface area contributed by atoms with Gasteiger partial charge in [-0.25, -0.2) is 4.98 Å². The van der Waals surface area contributed by atoms with Crippen molar-refractivity contribution in [3.8, 4) is 5.82 Å². The van der Waals surface area contributed by atoms with Crippen molar-refractivity contribution in [2.75, 3.05) is 5.73 Å². The molecule has 0 spiro atoms. The van der Waals surface area contributed by atoms with E-state index in [1.54, 1.807) is 10.9 Å². The second-order valence-electron chi connectivity index (χ2n) is 3.40. The molecular formula is C11H14N4. The molecule has 0 aliphatic rings. The molecule has 78 valence electrons. The fraction of sp³-hybridized carbons (Fsp3) is 0.273. The maximum absolute atomic E-state index is 6.01. The van der Waals surface area contributed by atoms with Crippen molar-refractivity contribution < 1.29 is 0 Å². The van der Waals surface area contributed by atoms with Crippen LogP contribution in [0.3, 0.4) is 0 Å². The molecule has 2 heterocycles. The molecule has 0 amide bonds. The van der Waals surface area contributed by atoms with Crippen LogP contribution in [0.5, 0.6) is 0 Å². The van der Waals surface area contributed by atoms with E-state index in [1.807, 2.05) is 25.1 Å². The van der Waals surface area contributed by atoms with Gasteiger partial charge in [-0.05, 0) is 25.5 Å². The topological polar surface area (TPSA) is 56.7 Å². The molecular weight excluding hydrogens is 188 g/mol. The predicted octanol–water partition coefficient (Wildman–Crippen LogP) is 1.72. The van der Waals surface area contributed by atoms with Crippen molar-refractivity contribution in [3.05, 3.63) is 35.7 Å². The van der Waals surface area contributed by atoms with Crippen LogP contribution < -0.4 is 5.73 Å². The van der Waals surface area contributed by atoms with Crippen LogP contribution >= 0.6 is 0 Å². The molecule has 0 fully saturated rings. The zero-order chi connectivity index (χ0) is 10.8. The van der Waals surface area contributed by atoms with E-state index in [2.05, 4.69) is 17.0 Å². The van der Waals surface area contributed by atoms with Gasteiger partial charge in [0.2, 0.25) is 0 Å². The summed E-state index contributed by atoms with van der Waals surface area (Å²) in [6.07, 6.45) is 2.63. The number of nitrogen functional groups attached to an aromatic ring is 1. The minimum absolute atomic E-state index is 0.689. The molecule has 15 heavy (non-hydrogen) atoms. The Morgan fingerprint density at radius 3 is 2.73 bits per heavy atom. The van der Waals surface area contributed by atoms with E-state index < -0.39 is 0 Å². The molecule has 2 rings (SSSR count). The molecule has 0 saturated heterocycles. The highest BCUT2D eigenvalue weighted by atomic mass is 15.3. The summed E-state index contributed by atoms with van der Waals surface area (Å²) in [7, 11) is 0. The van der Waals surface area contributed by atoms with E-state index in [0.717, 1.165) is 23.5 Å². The first kappa shape index (κ1) is 9.71. The van der Waals surface area contributed by atoms with E-state index in [1.165, 1.54) is 0 Å². The summed E-state index contributed by atoms with van der Waals surface area (Å²) >= 11 is 0. The molecule has 0 unspecified atom stereocenters. The van der Waals surface area contributed by atoms with Crippen LogP contribution in [0.4, 0.5) is 5.82 Å². The highest BCUT2D eigenvalue weighted by molar-refractivity contribution is 5.47. The normalized spacial score (nSPS) is 10.5. The standard InChI is InChI=1S/C11H14N4/c1-3-9-8(2)14-15(11(9)12)10-6-4-5-7-13-10/h4-7H,3,12H2,1-2H3. The number of aryl methyl sites for hydroxylation is 1. The summed E-state index contributed by atoms with van der Waals surface area (Å²) in [6, 6.07) is 5.68. The van der Waals surface area contributed by atoms with Crippen molar-refractivity contribution in [1.29, 1.82) is 0 Å². The van der Waals surface area contributed by atoms with Gasteiger partial charge in [0.15, 0.2) is 5.82 Å². The first-order chi connectivity index (χ1) is 7.24. The van der Waals surface area contributed by atoms with Crippen LogP contribution in [-0.4, -0.2) is 14.8 Å². The number of hydrogen-bond acceptors (Lipinski definition) is 3. The first-order valence-corrected chi connectivity index (χ1v) is 4.99. The monoisotopic (exact) mass is 202 g/mol. The summed E-state index contributed by atoms with van der Waals surface area (Å²) in [5.74, 6) is 1.45. The van der Waals surface area contributed by atoms with Crippen molar-refractivity contribution in [3.63, 3.8) is 0 Å². The van der Waals surface area contributed by atoms with Crippen LogP contribution in [0.25, 0.3) is 5.82 Å². The molecule has 0 bridgehead atoms. The van der Waals surface area contributed by atoms with Gasteiger partial charge in [-0.15, -0.1) is 0 Å². The van der Waals surface area contributed by atoms with Crippen molar-refractivity contribution >= 4 is 5.82 Å². The Bertz CT molecular complexity index is 459. The number of aromatic nitrogens is 3. The third-order valence-corrected chi connectivity index (χ3v) is 2.44. The van der Waals surface area contributed by atoms with Crippen LogP contribution in [0, 0.1) is 6.92 Å². The van der Waals surface area contributed by atoms with Gasteiger partial charge in [-0.2, -0.15) is 9.78 Å². The minimum Gasteiger partial charge on any atom is -0.383 e. The lowest BCUT2D eigenvalue weighted by molar-refractivity contribution is 0.841. The zero-order valence-corrected chi connectivity index (χ0v) is 8.94. The molecule has 0 radical (unpaired) electrons. The van der Waals surface area contributed by atoms with Gasteiger partial charge in [0, 0.05) is 11.8 Å². The quantitative estimate of drug-likeness (QED) is 0.806. The van der Waals surface area contributed by atoms with Crippen LogP contribution in [0.1, 0.15) is 18.2 Å². The lowest BCUT2D eigenvalue weighted by Gasteiger charge is -2.02. The Hall–Kier alpha value is -1.84. The summed E-state index contributed by atoms with van der Waals surface area (Å²) in [4.78, 5) is 4.22. The lowest BCUT2D eigenvalue weighted by Crippen LogP contribution is -2.04. The zero-order valence-electron chi connectivity index (χ0n) is 8.94. The molecule has 4 nitrogen and oxygen atoms in total. The molecule has 2 aromatic rings. The second-order valence-corrected chi connectivity index (χ2v) is 3.40. The van der Waals surface area contributed by atoms with Gasteiger partial charge in [0.25, 0.3) is 0 Å². The summed E-state index contributed by atoms with van der Waals surface area (Å²) < 4.78 is 1.69. The molecule has 2 N–H and O–H groups in total. The number of rotatable bonds is 2. The fourth-order valence-electron chi connectivity index (χ4n) is 1.67. The van der Waals surface area contributed by atoms with Gasteiger partial charge in [-0.3, -0.25) is 0 Å². The van der Waals surface area contributed by atoms with Gasteiger partial charge in [-0.1, -0.05) is 13.0 Å². The highest BCUT2D eigenvalue weighted by Gasteiger charge is 2.11. The molecule has 4 heteroatoms. The van der Waals surface area contributed by atoms with Crippen molar-refractivity contribution in [2.24, 2.45) is 0 Å². The smallest absolute Gasteiger partial charge is 0.155 e. The van der Waals surface area contributed by atoms with Crippen LogP contribution in [0.15, 0.2) is 24.4 Å². The predicted molar refractivity (Wildman–Crippen MR) is 59.9 cm³/mol. The molecule has 0 atom stereocenters. The highest BCUT2D eigenvalue weighted by Crippen LogP contribution is 2.19. The second kappa shape index (κ2) is 3.73. The Morgan fingerprint density at radius 1 is 1.40 bits per heavy atom. The number of hydrogen-bond donors (Lipinski definition) is 1. The Kier molecular flexibility index (Phi) is 2.41. The van der Waals surface area contributed by atoms with E-state index in [4.69, 9.17) is 5.73 Å². The Labute approximate surface area is 88.8 Å². The number of pyridine rings is 1. The third kappa shape index (κ3) is 1.58. The molecule has 2 aromatic heterocycles. The summed E-state index contributed by atoms with van der Waals surface area (Å²) in [5.41, 5.74) is 8.08.